The second-order valence-corrected chi connectivity index (χ2v) is 5.96. The lowest BCUT2D eigenvalue weighted by Gasteiger charge is -2.23. The Morgan fingerprint density at radius 3 is 2.12 bits per heavy atom. The van der Waals surface area contributed by atoms with Crippen LogP contribution in [0.15, 0.2) is 42.6 Å². The van der Waals surface area contributed by atoms with Crippen molar-refractivity contribution >= 4 is 5.65 Å². The molecule has 0 aliphatic heterocycles. The van der Waals surface area contributed by atoms with Crippen molar-refractivity contribution in [2.75, 3.05) is 7.11 Å². The number of halogens is 3. The molecule has 0 amide bonds. The molecule has 0 spiro atoms. The molecule has 0 bridgehead atoms. The van der Waals surface area contributed by atoms with Crippen LogP contribution in [0.2, 0.25) is 0 Å². The summed E-state index contributed by atoms with van der Waals surface area (Å²) in [6, 6.07) is 10.8. The van der Waals surface area contributed by atoms with Gasteiger partial charge in [0.2, 0.25) is 5.82 Å². The summed E-state index contributed by atoms with van der Waals surface area (Å²) in [5.74, 6) is -1.03. The number of benzene rings is 1. The molecule has 2 aromatic heterocycles. The van der Waals surface area contributed by atoms with Crippen LogP contribution in [0, 0.1) is 0 Å². The summed E-state index contributed by atoms with van der Waals surface area (Å²) in [6.45, 7) is 3.89. The van der Waals surface area contributed by atoms with Crippen LogP contribution in [-0.4, -0.2) is 21.7 Å². The molecule has 0 saturated heterocycles. The van der Waals surface area contributed by atoms with Crippen molar-refractivity contribution in [1.29, 1.82) is 0 Å². The van der Waals surface area contributed by atoms with Crippen LogP contribution in [0.5, 0.6) is 0 Å². The van der Waals surface area contributed by atoms with Gasteiger partial charge in [0.25, 0.3) is 0 Å². The molecule has 24 heavy (non-hydrogen) atoms. The van der Waals surface area contributed by atoms with Gasteiger partial charge >= 0.3 is 6.18 Å². The zero-order valence-corrected chi connectivity index (χ0v) is 13.4. The number of nitrogens with zero attached hydrogens (tertiary/aromatic N) is 3. The third-order valence-electron chi connectivity index (χ3n) is 4.08. The minimum atomic E-state index is -4.55. The molecule has 126 valence electrons. The molecule has 1 aromatic carbocycles. The monoisotopic (exact) mass is 335 g/mol. The first-order valence-corrected chi connectivity index (χ1v) is 7.30. The smallest absolute Gasteiger partial charge is 0.374 e. The maximum Gasteiger partial charge on any atom is 0.452 e. The van der Waals surface area contributed by atoms with Crippen molar-refractivity contribution in [2.24, 2.45) is 0 Å². The van der Waals surface area contributed by atoms with Crippen molar-refractivity contribution in [3.05, 3.63) is 54.0 Å². The molecule has 4 nitrogen and oxygen atoms in total. The second kappa shape index (κ2) is 5.59. The lowest BCUT2D eigenvalue weighted by molar-refractivity contribution is -0.145. The van der Waals surface area contributed by atoms with E-state index in [0.29, 0.717) is 5.56 Å². The summed E-state index contributed by atoms with van der Waals surface area (Å²) in [5, 5.41) is 6.78. The first-order valence-electron chi connectivity index (χ1n) is 7.30. The van der Waals surface area contributed by atoms with E-state index >= 15 is 0 Å². The molecule has 0 atom stereocenters. The van der Waals surface area contributed by atoms with E-state index in [2.05, 4.69) is 10.2 Å². The van der Waals surface area contributed by atoms with E-state index in [1.807, 2.05) is 38.1 Å². The van der Waals surface area contributed by atoms with Crippen molar-refractivity contribution in [3.63, 3.8) is 0 Å². The van der Waals surface area contributed by atoms with Crippen LogP contribution in [0.25, 0.3) is 16.8 Å². The molecule has 0 unspecified atom stereocenters. The minimum absolute atomic E-state index is 0.156. The third-order valence-corrected chi connectivity index (χ3v) is 4.08. The first-order chi connectivity index (χ1) is 11.2. The van der Waals surface area contributed by atoms with Crippen LogP contribution >= 0.6 is 0 Å². The standard InChI is InChI=1S/C17H16F3N3O/c1-16(2,24-3)13-7-4-11(5-8-13)12-6-9-14-21-22-15(17(18,19)20)23(14)10-12/h4-10H,1-3H3. The van der Waals surface area contributed by atoms with Crippen molar-refractivity contribution in [1.82, 2.24) is 14.6 Å². The number of methoxy groups -OCH3 is 1. The van der Waals surface area contributed by atoms with Gasteiger partial charge in [-0.25, -0.2) is 0 Å². The molecular formula is C17H16F3N3O. The molecule has 3 aromatic rings. The Bertz CT molecular complexity index is 867. The van der Waals surface area contributed by atoms with Crippen LogP contribution in [0.4, 0.5) is 13.2 Å². The summed E-state index contributed by atoms with van der Waals surface area (Å²) < 4.78 is 45.3. The number of hydrogen-bond donors (Lipinski definition) is 0. The van der Waals surface area contributed by atoms with Gasteiger partial charge in [-0.1, -0.05) is 24.3 Å². The third kappa shape index (κ3) is 2.87. The highest BCUT2D eigenvalue weighted by Crippen LogP contribution is 2.30. The Morgan fingerprint density at radius 2 is 1.54 bits per heavy atom. The Balaban J connectivity index is 2.04. The maximum absolute atomic E-state index is 13.0. The van der Waals surface area contributed by atoms with E-state index in [1.54, 1.807) is 13.2 Å². The average molecular weight is 335 g/mol. The molecule has 0 radical (unpaired) electrons. The summed E-state index contributed by atoms with van der Waals surface area (Å²) >= 11 is 0. The predicted octanol–water partition coefficient (Wildman–Crippen LogP) is 4.30. The molecule has 0 saturated carbocycles. The fourth-order valence-corrected chi connectivity index (χ4v) is 2.44. The molecule has 0 aliphatic rings. The molecule has 0 fully saturated rings. The highest BCUT2D eigenvalue weighted by molar-refractivity contribution is 5.65. The van der Waals surface area contributed by atoms with Gasteiger partial charge in [0.05, 0.1) is 5.60 Å². The van der Waals surface area contributed by atoms with Crippen LogP contribution in [0.3, 0.4) is 0 Å². The van der Waals surface area contributed by atoms with E-state index in [-0.39, 0.29) is 5.65 Å². The highest BCUT2D eigenvalue weighted by Gasteiger charge is 2.36. The van der Waals surface area contributed by atoms with E-state index in [1.165, 1.54) is 12.3 Å². The van der Waals surface area contributed by atoms with Gasteiger partial charge in [0.15, 0.2) is 5.65 Å². The normalized spacial score (nSPS) is 12.8. The lowest BCUT2D eigenvalue weighted by atomic mass is 9.95. The van der Waals surface area contributed by atoms with Crippen LogP contribution in [0.1, 0.15) is 25.2 Å². The van der Waals surface area contributed by atoms with Gasteiger partial charge in [0.1, 0.15) is 0 Å². The van der Waals surface area contributed by atoms with Crippen LogP contribution < -0.4 is 0 Å². The molecule has 7 heteroatoms. The first kappa shape index (κ1) is 16.4. The van der Waals surface area contributed by atoms with Crippen molar-refractivity contribution in [3.8, 4) is 11.1 Å². The molecule has 2 heterocycles. The molecular weight excluding hydrogens is 319 g/mol. The summed E-state index contributed by atoms with van der Waals surface area (Å²) in [6.07, 6.45) is -3.15. The number of hydrogen-bond acceptors (Lipinski definition) is 3. The number of pyridine rings is 1. The Labute approximate surface area is 136 Å². The van der Waals surface area contributed by atoms with Gasteiger partial charge in [-0.2, -0.15) is 13.2 Å². The molecule has 0 N–H and O–H groups in total. The number of rotatable bonds is 3. The number of aromatic nitrogens is 3. The van der Waals surface area contributed by atoms with Gasteiger partial charge in [0, 0.05) is 13.3 Å². The van der Waals surface area contributed by atoms with E-state index < -0.39 is 17.6 Å². The van der Waals surface area contributed by atoms with Gasteiger partial charge in [-0.05, 0) is 42.7 Å². The van der Waals surface area contributed by atoms with E-state index in [0.717, 1.165) is 15.5 Å². The summed E-state index contributed by atoms with van der Waals surface area (Å²) in [7, 11) is 1.63. The highest BCUT2D eigenvalue weighted by atomic mass is 19.4. The number of ether oxygens (including phenoxy) is 1. The van der Waals surface area contributed by atoms with Crippen LogP contribution in [-0.2, 0) is 16.5 Å². The van der Waals surface area contributed by atoms with Gasteiger partial charge in [-0.15, -0.1) is 10.2 Å². The average Bonchev–Trinajstić information content (AvgIpc) is 2.98. The molecule has 3 rings (SSSR count). The molecule has 0 aliphatic carbocycles. The van der Waals surface area contributed by atoms with Crippen molar-refractivity contribution < 1.29 is 17.9 Å². The second-order valence-electron chi connectivity index (χ2n) is 5.96. The zero-order valence-electron chi connectivity index (χ0n) is 13.4. The maximum atomic E-state index is 13.0. The van der Waals surface area contributed by atoms with E-state index in [4.69, 9.17) is 4.74 Å². The predicted molar refractivity (Wildman–Crippen MR) is 83.5 cm³/mol. The largest absolute Gasteiger partial charge is 0.452 e. The number of fused-ring (bicyclic) bond motifs is 1. The summed E-state index contributed by atoms with van der Waals surface area (Å²) in [4.78, 5) is 0. The minimum Gasteiger partial charge on any atom is -0.374 e. The van der Waals surface area contributed by atoms with E-state index in [9.17, 15) is 13.2 Å². The Hall–Kier alpha value is -2.41. The lowest BCUT2D eigenvalue weighted by Crippen LogP contribution is -2.19. The summed E-state index contributed by atoms with van der Waals surface area (Å²) in [5.41, 5.74) is 2.16. The SMILES string of the molecule is COC(C)(C)c1ccc(-c2ccc3nnc(C(F)(F)F)n3c2)cc1. The van der Waals surface area contributed by atoms with Gasteiger partial charge < -0.3 is 4.74 Å². The quantitative estimate of drug-likeness (QED) is 0.716. The Kier molecular flexibility index (Phi) is 3.83. The number of alkyl halides is 3. The Morgan fingerprint density at radius 1 is 0.917 bits per heavy atom. The zero-order chi connectivity index (χ0) is 17.5. The fourth-order valence-electron chi connectivity index (χ4n) is 2.44. The van der Waals surface area contributed by atoms with Crippen molar-refractivity contribution in [2.45, 2.75) is 25.6 Å². The topological polar surface area (TPSA) is 39.4 Å². The fraction of sp³-hybridized carbons (Fsp3) is 0.294. The van der Waals surface area contributed by atoms with Gasteiger partial charge in [-0.3, -0.25) is 4.40 Å².